The number of hydrogen-bond donors (Lipinski definition) is 1. The fraction of sp³-hybridized carbons (Fsp3) is 0.588. The van der Waals surface area contributed by atoms with Gasteiger partial charge in [-0.15, -0.1) is 0 Å². The van der Waals surface area contributed by atoms with Crippen molar-refractivity contribution in [1.82, 2.24) is 15.2 Å². The molecule has 2 heterocycles. The first-order chi connectivity index (χ1) is 19.6. The lowest BCUT2D eigenvalue weighted by Gasteiger charge is -2.54. The zero-order valence-electron chi connectivity index (χ0n) is 26.6. The zero-order valence-corrected chi connectivity index (χ0v) is 26.6. The number of carbonyl (C=O) groups is 3. The third-order valence-corrected chi connectivity index (χ3v) is 8.20. The van der Waals surface area contributed by atoms with Crippen LogP contribution in [0.5, 0.6) is 0 Å². The number of ether oxygens (including phenoxy) is 1. The summed E-state index contributed by atoms with van der Waals surface area (Å²) in [7, 11) is 0. The molecule has 1 aliphatic carbocycles. The van der Waals surface area contributed by atoms with Crippen molar-refractivity contribution in [2.75, 3.05) is 11.4 Å². The van der Waals surface area contributed by atoms with Gasteiger partial charge in [-0.05, 0) is 62.8 Å². The van der Waals surface area contributed by atoms with E-state index in [9.17, 15) is 14.4 Å². The van der Waals surface area contributed by atoms with Crippen LogP contribution in [-0.2, 0) is 19.7 Å². The standard InChI is InChI=1S/C34H48N4O4/c1-32(2,3)24-16-18-26(19-17-24)38(30(40)28-34(7,8)22-37(28)31(41)42-33(4,5)6)27(23-13-12-20-35-21-23)29(39)36-25-14-10-9-11-15-25/h12-13,16-21,25,27-28H,9-11,14-15,22H2,1-8H3,(H,36,39). The molecule has 228 valence electrons. The highest BCUT2D eigenvalue weighted by molar-refractivity contribution is 6.05. The second-order valence-corrected chi connectivity index (χ2v) is 14.5. The predicted molar refractivity (Wildman–Crippen MR) is 165 cm³/mol. The van der Waals surface area contributed by atoms with Gasteiger partial charge in [0, 0.05) is 41.6 Å². The average molecular weight is 577 g/mol. The van der Waals surface area contributed by atoms with Crippen LogP contribution >= 0.6 is 0 Å². The van der Waals surface area contributed by atoms with E-state index in [2.05, 4.69) is 31.1 Å². The Morgan fingerprint density at radius 1 is 1.00 bits per heavy atom. The molecule has 42 heavy (non-hydrogen) atoms. The highest BCUT2D eigenvalue weighted by Gasteiger charge is 2.56. The Morgan fingerprint density at radius 2 is 1.64 bits per heavy atom. The SMILES string of the molecule is CC(C)(C)OC(=O)N1CC(C)(C)C1C(=O)N(c1ccc(C(C)(C)C)cc1)C(C(=O)NC1CCCCC1)c1cccnc1. The van der Waals surface area contributed by atoms with E-state index in [1.54, 1.807) is 23.4 Å². The van der Waals surface area contributed by atoms with Gasteiger partial charge in [0.25, 0.3) is 5.91 Å². The number of nitrogens with zero attached hydrogens (tertiary/aromatic N) is 3. The van der Waals surface area contributed by atoms with Gasteiger partial charge in [-0.25, -0.2) is 4.79 Å². The number of aromatic nitrogens is 1. The fourth-order valence-corrected chi connectivity index (χ4v) is 6.02. The number of benzene rings is 1. The minimum absolute atomic E-state index is 0.0593. The van der Waals surface area contributed by atoms with Gasteiger partial charge in [0.15, 0.2) is 0 Å². The summed E-state index contributed by atoms with van der Waals surface area (Å²) in [6, 6.07) is 9.71. The molecular weight excluding hydrogens is 528 g/mol. The third-order valence-electron chi connectivity index (χ3n) is 8.20. The summed E-state index contributed by atoms with van der Waals surface area (Å²) in [5, 5.41) is 3.25. The van der Waals surface area contributed by atoms with E-state index in [1.165, 1.54) is 11.3 Å². The number of pyridine rings is 1. The number of carbonyl (C=O) groups excluding carboxylic acids is 3. The van der Waals surface area contributed by atoms with Gasteiger partial charge in [-0.2, -0.15) is 0 Å². The first-order valence-electron chi connectivity index (χ1n) is 15.2. The van der Waals surface area contributed by atoms with E-state index in [1.807, 2.05) is 65.0 Å². The van der Waals surface area contributed by atoms with Crippen LogP contribution in [0.1, 0.15) is 105 Å². The number of likely N-dealkylation sites (tertiary alicyclic amines) is 1. The van der Waals surface area contributed by atoms with Gasteiger partial charge in [-0.3, -0.25) is 24.4 Å². The van der Waals surface area contributed by atoms with Crippen molar-refractivity contribution >= 4 is 23.6 Å². The normalized spacial score (nSPS) is 19.8. The Morgan fingerprint density at radius 3 is 2.17 bits per heavy atom. The van der Waals surface area contributed by atoms with Crippen molar-refractivity contribution in [3.63, 3.8) is 0 Å². The van der Waals surface area contributed by atoms with Crippen molar-refractivity contribution in [3.8, 4) is 0 Å². The molecule has 4 rings (SSSR count). The molecule has 0 spiro atoms. The minimum atomic E-state index is -0.967. The quantitative estimate of drug-likeness (QED) is 0.421. The fourth-order valence-electron chi connectivity index (χ4n) is 6.02. The van der Waals surface area contributed by atoms with Crippen LogP contribution in [0.25, 0.3) is 0 Å². The molecule has 8 nitrogen and oxygen atoms in total. The number of anilines is 1. The first-order valence-corrected chi connectivity index (χ1v) is 15.2. The summed E-state index contributed by atoms with van der Waals surface area (Å²) in [6.45, 7) is 16.2. The van der Waals surface area contributed by atoms with Crippen LogP contribution in [-0.4, -0.2) is 52.0 Å². The lowest BCUT2D eigenvalue weighted by Crippen LogP contribution is -2.70. The van der Waals surface area contributed by atoms with Gasteiger partial charge >= 0.3 is 6.09 Å². The lowest BCUT2D eigenvalue weighted by molar-refractivity contribution is -0.141. The van der Waals surface area contributed by atoms with Crippen LogP contribution in [0, 0.1) is 5.41 Å². The van der Waals surface area contributed by atoms with Crippen LogP contribution < -0.4 is 10.2 Å². The molecule has 2 fully saturated rings. The van der Waals surface area contributed by atoms with Crippen LogP contribution in [0.2, 0.25) is 0 Å². The Labute approximate surface area is 251 Å². The number of nitrogens with one attached hydrogen (secondary N) is 1. The maximum Gasteiger partial charge on any atom is 0.411 e. The minimum Gasteiger partial charge on any atom is -0.444 e. The monoisotopic (exact) mass is 576 g/mol. The Balaban J connectivity index is 1.80. The second kappa shape index (κ2) is 12.1. The molecule has 0 radical (unpaired) electrons. The molecule has 0 bridgehead atoms. The molecule has 8 heteroatoms. The third kappa shape index (κ3) is 7.13. The van der Waals surface area contributed by atoms with E-state index < -0.39 is 29.2 Å². The Kier molecular flexibility index (Phi) is 9.05. The summed E-state index contributed by atoms with van der Waals surface area (Å²) in [4.78, 5) is 49.6. The number of hydrogen-bond acceptors (Lipinski definition) is 5. The van der Waals surface area contributed by atoms with E-state index in [0.717, 1.165) is 31.2 Å². The van der Waals surface area contributed by atoms with Crippen LogP contribution in [0.4, 0.5) is 10.5 Å². The van der Waals surface area contributed by atoms with E-state index in [-0.39, 0.29) is 23.3 Å². The molecule has 1 N–H and O–H groups in total. The largest absolute Gasteiger partial charge is 0.444 e. The molecule has 2 unspecified atom stereocenters. The predicted octanol–water partition coefficient (Wildman–Crippen LogP) is 6.55. The van der Waals surface area contributed by atoms with Crippen LogP contribution in [0.3, 0.4) is 0 Å². The Bertz CT molecular complexity index is 1260. The second-order valence-electron chi connectivity index (χ2n) is 14.5. The molecule has 1 saturated heterocycles. The van der Waals surface area contributed by atoms with Crippen molar-refractivity contribution in [1.29, 1.82) is 0 Å². The van der Waals surface area contributed by atoms with E-state index in [4.69, 9.17) is 4.74 Å². The summed E-state index contributed by atoms with van der Waals surface area (Å²) >= 11 is 0. The summed E-state index contributed by atoms with van der Waals surface area (Å²) in [6.07, 6.45) is 7.91. The van der Waals surface area contributed by atoms with Crippen LogP contribution in [0.15, 0.2) is 48.8 Å². The molecule has 2 aliphatic rings. The molecule has 2 atom stereocenters. The van der Waals surface area contributed by atoms with Crippen molar-refractivity contribution < 1.29 is 19.1 Å². The van der Waals surface area contributed by atoms with Crippen molar-refractivity contribution in [2.45, 2.75) is 117 Å². The molecule has 1 aromatic carbocycles. The summed E-state index contributed by atoms with van der Waals surface area (Å²) in [5.74, 6) is -0.572. The number of amides is 3. The molecule has 1 aromatic heterocycles. The average Bonchev–Trinajstić information content (AvgIpc) is 2.90. The first kappa shape index (κ1) is 31.5. The van der Waals surface area contributed by atoms with Gasteiger partial charge in [-0.1, -0.05) is 72.1 Å². The van der Waals surface area contributed by atoms with Gasteiger partial charge in [0.2, 0.25) is 5.91 Å². The maximum atomic E-state index is 14.8. The smallest absolute Gasteiger partial charge is 0.411 e. The van der Waals surface area contributed by atoms with E-state index in [0.29, 0.717) is 17.8 Å². The number of rotatable bonds is 6. The molecule has 1 aliphatic heterocycles. The maximum absolute atomic E-state index is 14.8. The molecule has 2 aromatic rings. The van der Waals surface area contributed by atoms with Crippen molar-refractivity contribution in [3.05, 3.63) is 59.9 Å². The summed E-state index contributed by atoms with van der Waals surface area (Å²) < 4.78 is 5.67. The molecule has 3 amide bonds. The van der Waals surface area contributed by atoms with Gasteiger partial charge in [0.1, 0.15) is 17.7 Å². The topological polar surface area (TPSA) is 91.8 Å². The molecule has 1 saturated carbocycles. The highest BCUT2D eigenvalue weighted by atomic mass is 16.6. The Hall–Kier alpha value is -3.42. The summed E-state index contributed by atoms with van der Waals surface area (Å²) in [5.41, 5.74) is 1.01. The van der Waals surface area contributed by atoms with E-state index >= 15 is 0 Å². The molecular formula is C34H48N4O4. The van der Waals surface area contributed by atoms with Gasteiger partial charge < -0.3 is 10.1 Å². The van der Waals surface area contributed by atoms with Crippen molar-refractivity contribution in [2.24, 2.45) is 5.41 Å². The highest BCUT2D eigenvalue weighted by Crippen LogP contribution is 2.42. The van der Waals surface area contributed by atoms with Gasteiger partial charge in [0.05, 0.1) is 0 Å². The zero-order chi connectivity index (χ0) is 30.9. The lowest BCUT2D eigenvalue weighted by atomic mass is 9.74.